The van der Waals surface area contributed by atoms with Crippen LogP contribution in [0.5, 0.6) is 5.75 Å². The van der Waals surface area contributed by atoms with Gasteiger partial charge in [-0.1, -0.05) is 36.7 Å². The summed E-state index contributed by atoms with van der Waals surface area (Å²) in [6, 6.07) is 10.4. The molecule has 0 radical (unpaired) electrons. The van der Waals surface area contributed by atoms with Gasteiger partial charge in [-0.15, -0.1) is 0 Å². The maximum atomic E-state index is 12.7. The van der Waals surface area contributed by atoms with Crippen molar-refractivity contribution >= 4 is 33.2 Å². The predicted molar refractivity (Wildman–Crippen MR) is 117 cm³/mol. The van der Waals surface area contributed by atoms with Crippen molar-refractivity contribution in [3.63, 3.8) is 0 Å². The second-order valence-corrected chi connectivity index (χ2v) is 9.27. The number of nitrogens with one attached hydrogen (secondary N) is 1. The zero-order chi connectivity index (χ0) is 21.8. The van der Waals surface area contributed by atoms with Crippen LogP contribution >= 0.6 is 11.6 Å². The van der Waals surface area contributed by atoms with Crippen LogP contribution in [-0.4, -0.2) is 34.2 Å². The van der Waals surface area contributed by atoms with Crippen LogP contribution in [0.3, 0.4) is 0 Å². The van der Waals surface area contributed by atoms with Crippen LogP contribution < -0.4 is 14.4 Å². The summed E-state index contributed by atoms with van der Waals surface area (Å²) in [5.74, 6) is 0.377. The molecule has 0 bridgehead atoms. The molecule has 0 saturated heterocycles. The maximum Gasteiger partial charge on any atom is 0.241 e. The normalized spacial score (nSPS) is 12.3. The summed E-state index contributed by atoms with van der Waals surface area (Å²) in [5.41, 5.74) is 3.08. The van der Waals surface area contributed by atoms with E-state index < -0.39 is 15.9 Å². The zero-order valence-electron chi connectivity index (χ0n) is 17.3. The molecule has 0 fully saturated rings. The van der Waals surface area contributed by atoms with Gasteiger partial charge in [0.2, 0.25) is 15.9 Å². The van der Waals surface area contributed by atoms with E-state index in [-0.39, 0.29) is 12.6 Å². The summed E-state index contributed by atoms with van der Waals surface area (Å²) in [7, 11) is -2.06. The third-order valence-electron chi connectivity index (χ3n) is 4.70. The fourth-order valence-electron chi connectivity index (χ4n) is 3.05. The van der Waals surface area contributed by atoms with Crippen LogP contribution in [0.25, 0.3) is 0 Å². The molecule has 0 saturated carbocycles. The van der Waals surface area contributed by atoms with Gasteiger partial charge in [0.25, 0.3) is 0 Å². The van der Waals surface area contributed by atoms with Gasteiger partial charge in [0.05, 0.1) is 25.1 Å². The molecular weight excluding hydrogens is 412 g/mol. The first-order chi connectivity index (χ1) is 13.6. The number of sulfonamides is 1. The molecule has 0 aliphatic heterocycles. The van der Waals surface area contributed by atoms with Gasteiger partial charge >= 0.3 is 0 Å². The second-order valence-electron chi connectivity index (χ2n) is 6.96. The maximum absolute atomic E-state index is 12.7. The third kappa shape index (κ3) is 5.87. The molecule has 1 unspecified atom stereocenters. The van der Waals surface area contributed by atoms with E-state index in [1.807, 2.05) is 39.0 Å². The number of carbonyl (C=O) groups excluding carboxylic acids is 1. The topological polar surface area (TPSA) is 75.7 Å². The summed E-state index contributed by atoms with van der Waals surface area (Å²) in [6.07, 6.45) is 1.73. The largest absolute Gasteiger partial charge is 0.496 e. The highest BCUT2D eigenvalue weighted by Crippen LogP contribution is 2.26. The van der Waals surface area contributed by atoms with Gasteiger partial charge in [0, 0.05) is 5.02 Å². The molecule has 0 spiro atoms. The van der Waals surface area contributed by atoms with Crippen molar-refractivity contribution in [1.82, 2.24) is 5.32 Å². The number of amides is 1. The van der Waals surface area contributed by atoms with Crippen LogP contribution in [0.1, 0.15) is 36.1 Å². The average Bonchev–Trinajstić information content (AvgIpc) is 2.65. The van der Waals surface area contributed by atoms with Crippen molar-refractivity contribution in [2.45, 2.75) is 33.2 Å². The van der Waals surface area contributed by atoms with Crippen LogP contribution in [-0.2, 0) is 14.8 Å². The Hall–Kier alpha value is -2.25. The quantitative estimate of drug-likeness (QED) is 0.675. The summed E-state index contributed by atoms with van der Waals surface area (Å²) >= 11 is 6.14. The molecule has 0 aromatic heterocycles. The van der Waals surface area contributed by atoms with E-state index in [0.717, 1.165) is 33.0 Å². The van der Waals surface area contributed by atoms with E-state index in [2.05, 4.69) is 5.32 Å². The highest BCUT2D eigenvalue weighted by Gasteiger charge is 2.23. The molecule has 6 nitrogen and oxygen atoms in total. The first kappa shape index (κ1) is 23.0. The van der Waals surface area contributed by atoms with Crippen LogP contribution in [0.15, 0.2) is 36.4 Å². The number of anilines is 1. The molecule has 1 amide bonds. The lowest BCUT2D eigenvalue weighted by Crippen LogP contribution is -2.41. The van der Waals surface area contributed by atoms with E-state index in [1.165, 1.54) is 0 Å². The Labute approximate surface area is 177 Å². The van der Waals surface area contributed by atoms with Gasteiger partial charge in [-0.25, -0.2) is 8.42 Å². The second kappa shape index (κ2) is 9.50. The van der Waals surface area contributed by atoms with E-state index >= 15 is 0 Å². The Morgan fingerprint density at radius 3 is 2.38 bits per heavy atom. The van der Waals surface area contributed by atoms with Gasteiger partial charge in [0.15, 0.2) is 0 Å². The third-order valence-corrected chi connectivity index (χ3v) is 6.24. The zero-order valence-corrected chi connectivity index (χ0v) is 18.9. The Bertz CT molecular complexity index is 992. The van der Waals surface area contributed by atoms with Crippen molar-refractivity contribution in [3.8, 4) is 5.75 Å². The summed E-state index contributed by atoms with van der Waals surface area (Å²) < 4.78 is 30.9. The molecule has 0 aliphatic carbocycles. The SMILES string of the molecule is CCC(NC(=O)CN(c1ccc(C)c(Cl)c1)S(C)(=O)=O)c1ccc(OC)c(C)c1. The number of hydrogen-bond donors (Lipinski definition) is 1. The minimum absolute atomic E-state index is 0.241. The van der Waals surface area contributed by atoms with Gasteiger partial charge in [-0.2, -0.15) is 0 Å². The number of halogens is 1. The molecule has 29 heavy (non-hydrogen) atoms. The molecule has 158 valence electrons. The van der Waals surface area contributed by atoms with Crippen molar-refractivity contribution in [2.75, 3.05) is 24.2 Å². The van der Waals surface area contributed by atoms with Crippen molar-refractivity contribution in [3.05, 3.63) is 58.1 Å². The molecule has 2 rings (SSSR count). The molecule has 1 N–H and O–H groups in total. The van der Waals surface area contributed by atoms with Crippen LogP contribution in [0.4, 0.5) is 5.69 Å². The summed E-state index contributed by atoms with van der Waals surface area (Å²) in [5, 5.41) is 3.37. The van der Waals surface area contributed by atoms with Gasteiger partial charge in [0.1, 0.15) is 12.3 Å². The average molecular weight is 439 g/mol. The Balaban J connectivity index is 2.22. The van der Waals surface area contributed by atoms with Gasteiger partial charge in [-0.3, -0.25) is 9.10 Å². The van der Waals surface area contributed by atoms with Gasteiger partial charge < -0.3 is 10.1 Å². The minimum Gasteiger partial charge on any atom is -0.496 e. The van der Waals surface area contributed by atoms with Crippen LogP contribution in [0.2, 0.25) is 5.02 Å². The first-order valence-electron chi connectivity index (χ1n) is 9.24. The van der Waals surface area contributed by atoms with E-state index in [9.17, 15) is 13.2 Å². The van der Waals surface area contributed by atoms with Crippen LogP contribution in [0, 0.1) is 13.8 Å². The first-order valence-corrected chi connectivity index (χ1v) is 11.5. The van der Waals surface area contributed by atoms with Crippen molar-refractivity contribution < 1.29 is 17.9 Å². The lowest BCUT2D eigenvalue weighted by molar-refractivity contribution is -0.120. The fraction of sp³-hybridized carbons (Fsp3) is 0.381. The Morgan fingerprint density at radius 1 is 1.17 bits per heavy atom. The Kier molecular flexibility index (Phi) is 7.54. The molecular formula is C21H27ClN2O4S. The molecule has 0 aliphatic rings. The van der Waals surface area contributed by atoms with E-state index in [1.54, 1.807) is 25.3 Å². The number of aryl methyl sites for hydroxylation is 2. The van der Waals surface area contributed by atoms with Crippen molar-refractivity contribution in [2.24, 2.45) is 0 Å². The number of benzene rings is 2. The highest BCUT2D eigenvalue weighted by atomic mass is 35.5. The number of methoxy groups -OCH3 is 1. The molecule has 8 heteroatoms. The fourth-order valence-corrected chi connectivity index (χ4v) is 4.07. The number of nitrogens with zero attached hydrogens (tertiary/aromatic N) is 1. The number of ether oxygens (including phenoxy) is 1. The number of hydrogen-bond acceptors (Lipinski definition) is 4. The molecule has 0 heterocycles. The highest BCUT2D eigenvalue weighted by molar-refractivity contribution is 7.92. The lowest BCUT2D eigenvalue weighted by Gasteiger charge is -2.24. The van der Waals surface area contributed by atoms with E-state index in [4.69, 9.17) is 16.3 Å². The lowest BCUT2D eigenvalue weighted by atomic mass is 10.0. The monoisotopic (exact) mass is 438 g/mol. The molecule has 1 atom stereocenters. The molecule has 2 aromatic carbocycles. The smallest absolute Gasteiger partial charge is 0.241 e. The number of rotatable bonds is 8. The number of carbonyl (C=O) groups is 1. The Morgan fingerprint density at radius 2 is 1.86 bits per heavy atom. The molecule has 2 aromatic rings. The van der Waals surface area contributed by atoms with E-state index in [0.29, 0.717) is 17.1 Å². The summed E-state index contributed by atoms with van der Waals surface area (Å²) in [6.45, 7) is 5.39. The predicted octanol–water partition coefficient (Wildman–Crippen LogP) is 4.00. The summed E-state index contributed by atoms with van der Waals surface area (Å²) in [4.78, 5) is 12.7. The van der Waals surface area contributed by atoms with Crippen molar-refractivity contribution in [1.29, 1.82) is 0 Å². The minimum atomic E-state index is -3.67. The van der Waals surface area contributed by atoms with Gasteiger partial charge in [-0.05, 0) is 55.2 Å². The standard InChI is InChI=1S/C21H27ClN2O4S/c1-6-19(16-8-10-20(28-4)15(3)11-16)23-21(25)13-24(29(5,26)27)17-9-7-14(2)18(22)12-17/h7-12,19H,6,13H2,1-5H3,(H,23,25).